The van der Waals surface area contributed by atoms with Gasteiger partial charge in [0.2, 0.25) is 0 Å². The molecule has 4 rings (SSSR count). The average molecular weight is 393 g/mol. The van der Waals surface area contributed by atoms with Crippen molar-refractivity contribution in [2.24, 2.45) is 0 Å². The molecule has 1 N–H and O–H groups in total. The molecule has 1 unspecified atom stereocenters. The zero-order chi connectivity index (χ0) is 19.5. The van der Waals surface area contributed by atoms with Crippen molar-refractivity contribution in [2.45, 2.75) is 19.4 Å². The Morgan fingerprint density at radius 3 is 2.89 bits per heavy atom. The molecule has 0 bridgehead atoms. The van der Waals surface area contributed by atoms with Crippen LogP contribution in [0, 0.1) is 24.1 Å². The first-order valence-electron chi connectivity index (χ1n) is 9.23. The molecule has 1 fully saturated rings. The van der Waals surface area contributed by atoms with Gasteiger partial charge in [0.25, 0.3) is 0 Å². The second-order valence-corrected chi connectivity index (χ2v) is 7.85. The summed E-state index contributed by atoms with van der Waals surface area (Å²) in [6.07, 6.45) is 2.75. The van der Waals surface area contributed by atoms with Crippen LogP contribution in [0.25, 0.3) is 22.3 Å². The lowest BCUT2D eigenvalue weighted by Crippen LogP contribution is -2.39. The van der Waals surface area contributed by atoms with Crippen LogP contribution >= 0.6 is 11.5 Å². The summed E-state index contributed by atoms with van der Waals surface area (Å²) < 4.78 is 24.6. The molecule has 1 atom stereocenters. The van der Waals surface area contributed by atoms with Crippen LogP contribution in [0.5, 0.6) is 0 Å². The summed E-state index contributed by atoms with van der Waals surface area (Å²) in [6.45, 7) is 4.45. The Balaban J connectivity index is 1.84. The van der Waals surface area contributed by atoms with Crippen LogP contribution < -0.4 is 5.32 Å². The Kier molecular flexibility index (Phi) is 5.49. The quantitative estimate of drug-likeness (QED) is 0.717. The van der Waals surface area contributed by atoms with Gasteiger partial charge >= 0.3 is 0 Å². The lowest BCUT2D eigenvalue weighted by atomic mass is 9.88. The lowest BCUT2D eigenvalue weighted by Gasteiger charge is -2.25. The Labute approximate surface area is 167 Å². The van der Waals surface area contributed by atoms with Crippen LogP contribution in [0.2, 0.25) is 0 Å². The predicted octanol–water partition coefficient (Wildman–Crippen LogP) is 4.33. The number of rotatable bonds is 4. The van der Waals surface area contributed by atoms with E-state index < -0.39 is 5.82 Å². The number of benzene rings is 2. The highest BCUT2D eigenvalue weighted by Crippen LogP contribution is 2.38. The van der Waals surface area contributed by atoms with E-state index >= 15 is 0 Å². The van der Waals surface area contributed by atoms with Crippen molar-refractivity contribution in [3.63, 3.8) is 0 Å². The first kappa shape index (κ1) is 18.8. The molecule has 28 heavy (non-hydrogen) atoms. The molecule has 4 nitrogen and oxygen atoms in total. The molecule has 2 heterocycles. The summed E-state index contributed by atoms with van der Waals surface area (Å²) in [5.74, 6) is -0.503. The van der Waals surface area contributed by atoms with E-state index in [4.69, 9.17) is 10.00 Å². The molecule has 1 aliphatic rings. The minimum absolute atomic E-state index is 0.0523. The van der Waals surface area contributed by atoms with Crippen LogP contribution in [-0.4, -0.2) is 30.2 Å². The van der Waals surface area contributed by atoms with Gasteiger partial charge in [-0.25, -0.2) is 8.76 Å². The SMILES string of the molecule is Cc1sncc1-c1c(CC2CNCCO2)cccc1-c1ccc(C#N)c(F)c1. The van der Waals surface area contributed by atoms with Crippen LogP contribution in [0.15, 0.2) is 42.6 Å². The van der Waals surface area contributed by atoms with Gasteiger partial charge < -0.3 is 10.1 Å². The van der Waals surface area contributed by atoms with E-state index in [0.717, 1.165) is 52.2 Å². The van der Waals surface area contributed by atoms with Gasteiger partial charge in [0.1, 0.15) is 11.9 Å². The highest BCUT2D eigenvalue weighted by atomic mass is 32.1. The second-order valence-electron chi connectivity index (χ2n) is 6.84. The number of ether oxygens (including phenoxy) is 1. The summed E-state index contributed by atoms with van der Waals surface area (Å²) in [5.41, 5.74) is 5.02. The summed E-state index contributed by atoms with van der Waals surface area (Å²) in [4.78, 5) is 1.12. The predicted molar refractivity (Wildman–Crippen MR) is 109 cm³/mol. The molecule has 1 saturated heterocycles. The number of nitrogens with zero attached hydrogens (tertiary/aromatic N) is 2. The number of nitrogens with one attached hydrogen (secondary N) is 1. The van der Waals surface area contributed by atoms with Gasteiger partial charge in [-0.05, 0) is 52.8 Å². The van der Waals surface area contributed by atoms with E-state index in [2.05, 4.69) is 15.8 Å². The summed E-state index contributed by atoms with van der Waals surface area (Å²) in [6, 6.07) is 12.8. The molecule has 2 aromatic carbocycles. The molecule has 3 aromatic rings. The van der Waals surface area contributed by atoms with E-state index in [1.165, 1.54) is 23.7 Å². The van der Waals surface area contributed by atoms with Gasteiger partial charge in [-0.15, -0.1) is 0 Å². The molecule has 1 aliphatic heterocycles. The van der Waals surface area contributed by atoms with Crippen LogP contribution in [0.3, 0.4) is 0 Å². The van der Waals surface area contributed by atoms with Crippen molar-refractivity contribution >= 4 is 11.5 Å². The van der Waals surface area contributed by atoms with Crippen molar-refractivity contribution in [1.82, 2.24) is 9.69 Å². The molecular weight excluding hydrogens is 373 g/mol. The van der Waals surface area contributed by atoms with Crippen molar-refractivity contribution in [2.75, 3.05) is 19.7 Å². The normalized spacial score (nSPS) is 16.7. The first-order chi connectivity index (χ1) is 13.7. The van der Waals surface area contributed by atoms with Crippen LogP contribution in [-0.2, 0) is 11.2 Å². The third-order valence-corrected chi connectivity index (χ3v) is 5.73. The molecule has 0 aliphatic carbocycles. The first-order valence-corrected chi connectivity index (χ1v) is 10.0. The fourth-order valence-corrected chi connectivity index (χ4v) is 4.21. The standard InChI is InChI=1S/C22H20FN3OS/c1-14-20(13-26-28-14)22-16(9-18-12-25-7-8-27-18)3-2-4-19(22)15-5-6-17(11-24)21(23)10-15/h2-6,10,13,18,25H,7-9,12H2,1H3. The third-order valence-electron chi connectivity index (χ3n) is 5.02. The van der Waals surface area contributed by atoms with Crippen LogP contribution in [0.1, 0.15) is 16.0 Å². The number of aryl methyl sites for hydroxylation is 1. The second kappa shape index (κ2) is 8.19. The average Bonchev–Trinajstić information content (AvgIpc) is 3.14. The number of hydrogen-bond acceptors (Lipinski definition) is 5. The van der Waals surface area contributed by atoms with E-state index in [1.54, 1.807) is 6.07 Å². The molecular formula is C22H20FN3OS. The fourth-order valence-electron chi connectivity index (χ4n) is 3.64. The van der Waals surface area contributed by atoms with E-state index in [0.29, 0.717) is 6.61 Å². The molecule has 0 amide bonds. The smallest absolute Gasteiger partial charge is 0.141 e. The minimum atomic E-state index is -0.503. The summed E-state index contributed by atoms with van der Waals surface area (Å²) in [7, 11) is 0. The molecule has 0 radical (unpaired) electrons. The van der Waals surface area contributed by atoms with Gasteiger partial charge in [0.05, 0.1) is 18.3 Å². The zero-order valence-corrected chi connectivity index (χ0v) is 16.4. The number of morpholine rings is 1. The Morgan fingerprint density at radius 1 is 1.32 bits per heavy atom. The fraction of sp³-hybridized carbons (Fsp3) is 0.273. The van der Waals surface area contributed by atoms with Gasteiger partial charge in [0, 0.05) is 36.1 Å². The zero-order valence-electron chi connectivity index (χ0n) is 15.5. The highest BCUT2D eigenvalue weighted by Gasteiger charge is 2.21. The van der Waals surface area contributed by atoms with E-state index in [1.807, 2.05) is 31.3 Å². The maximum Gasteiger partial charge on any atom is 0.141 e. The number of aromatic nitrogens is 1. The lowest BCUT2D eigenvalue weighted by molar-refractivity contribution is 0.0293. The molecule has 0 saturated carbocycles. The van der Waals surface area contributed by atoms with Gasteiger partial charge in [-0.1, -0.05) is 24.3 Å². The summed E-state index contributed by atoms with van der Waals surface area (Å²) in [5, 5.41) is 12.4. The summed E-state index contributed by atoms with van der Waals surface area (Å²) >= 11 is 1.46. The van der Waals surface area contributed by atoms with E-state index in [9.17, 15) is 4.39 Å². The van der Waals surface area contributed by atoms with E-state index in [-0.39, 0.29) is 11.7 Å². The molecule has 6 heteroatoms. The maximum absolute atomic E-state index is 14.3. The maximum atomic E-state index is 14.3. The van der Waals surface area contributed by atoms with Crippen molar-refractivity contribution < 1.29 is 9.13 Å². The Morgan fingerprint density at radius 2 is 2.21 bits per heavy atom. The number of hydrogen-bond donors (Lipinski definition) is 1. The largest absolute Gasteiger partial charge is 0.375 e. The molecule has 142 valence electrons. The van der Waals surface area contributed by atoms with Gasteiger partial charge in [-0.2, -0.15) is 5.26 Å². The number of halogens is 1. The van der Waals surface area contributed by atoms with Crippen LogP contribution in [0.4, 0.5) is 4.39 Å². The molecule has 0 spiro atoms. The third kappa shape index (κ3) is 3.69. The topological polar surface area (TPSA) is 57.9 Å². The minimum Gasteiger partial charge on any atom is -0.375 e. The van der Waals surface area contributed by atoms with Crippen molar-refractivity contribution in [3.8, 4) is 28.3 Å². The Hall–Kier alpha value is -2.59. The van der Waals surface area contributed by atoms with Crippen molar-refractivity contribution in [3.05, 3.63) is 64.4 Å². The monoisotopic (exact) mass is 393 g/mol. The highest BCUT2D eigenvalue weighted by molar-refractivity contribution is 7.06. The Bertz CT molecular complexity index is 1030. The molecule has 1 aromatic heterocycles. The van der Waals surface area contributed by atoms with Gasteiger partial charge in [-0.3, -0.25) is 0 Å². The number of nitriles is 1. The van der Waals surface area contributed by atoms with Gasteiger partial charge in [0.15, 0.2) is 0 Å². The van der Waals surface area contributed by atoms with Crippen molar-refractivity contribution in [1.29, 1.82) is 5.26 Å².